The van der Waals surface area contributed by atoms with E-state index >= 15 is 0 Å². The van der Waals surface area contributed by atoms with Gasteiger partial charge in [0.1, 0.15) is 5.82 Å². The number of rotatable bonds is 7. The van der Waals surface area contributed by atoms with Crippen LogP contribution in [0.25, 0.3) is 0 Å². The van der Waals surface area contributed by atoms with Crippen molar-refractivity contribution in [2.24, 2.45) is 0 Å². The monoisotopic (exact) mass is 365 g/mol. The van der Waals surface area contributed by atoms with E-state index in [-0.39, 0.29) is 16.5 Å². The summed E-state index contributed by atoms with van der Waals surface area (Å²) >= 11 is 0. The van der Waals surface area contributed by atoms with Crippen LogP contribution in [0.2, 0.25) is 0 Å². The van der Waals surface area contributed by atoms with Crippen molar-refractivity contribution in [3.8, 4) is 0 Å². The predicted octanol–water partition coefficient (Wildman–Crippen LogP) is 2.07. The highest BCUT2D eigenvalue weighted by Crippen LogP contribution is 2.16. The van der Waals surface area contributed by atoms with Crippen LogP contribution in [0.1, 0.15) is 30.6 Å². The Bertz CT molecular complexity index is 841. The Balaban J connectivity index is 2.01. The summed E-state index contributed by atoms with van der Waals surface area (Å²) in [6, 6.07) is 8.45. The van der Waals surface area contributed by atoms with E-state index in [1.807, 2.05) is 13.0 Å². The number of pyridine rings is 1. The van der Waals surface area contributed by atoms with Crippen molar-refractivity contribution in [3.05, 3.63) is 59.7 Å². The summed E-state index contributed by atoms with van der Waals surface area (Å²) in [6.45, 7) is 2.97. The molecule has 6 nitrogen and oxygen atoms in total. The van der Waals surface area contributed by atoms with Gasteiger partial charge in [0.2, 0.25) is 15.9 Å². The van der Waals surface area contributed by atoms with Crippen LogP contribution in [0.5, 0.6) is 0 Å². The zero-order valence-electron chi connectivity index (χ0n) is 14.0. The van der Waals surface area contributed by atoms with E-state index in [1.54, 1.807) is 18.3 Å². The van der Waals surface area contributed by atoms with E-state index < -0.39 is 28.3 Å². The molecule has 1 aromatic carbocycles. The molecule has 0 saturated heterocycles. The van der Waals surface area contributed by atoms with Gasteiger partial charge in [-0.15, -0.1) is 0 Å². The summed E-state index contributed by atoms with van der Waals surface area (Å²) < 4.78 is 39.9. The lowest BCUT2D eigenvalue weighted by atomic mass is 10.1. The summed E-state index contributed by atoms with van der Waals surface area (Å²) in [5.74, 6) is -0.990. The highest BCUT2D eigenvalue weighted by molar-refractivity contribution is 7.89. The number of amides is 1. The van der Waals surface area contributed by atoms with Crippen LogP contribution in [0.4, 0.5) is 4.39 Å². The van der Waals surface area contributed by atoms with E-state index in [1.165, 1.54) is 13.0 Å². The van der Waals surface area contributed by atoms with Crippen LogP contribution in [0, 0.1) is 12.7 Å². The van der Waals surface area contributed by atoms with Gasteiger partial charge < -0.3 is 5.32 Å². The Morgan fingerprint density at radius 3 is 2.64 bits per heavy atom. The molecule has 1 aromatic heterocycles. The molecule has 2 rings (SSSR count). The number of benzene rings is 1. The fraction of sp³-hybridized carbons (Fsp3) is 0.294. The van der Waals surface area contributed by atoms with E-state index in [9.17, 15) is 17.6 Å². The van der Waals surface area contributed by atoms with Crippen LogP contribution in [0.3, 0.4) is 0 Å². The number of hydrogen-bond donors (Lipinski definition) is 2. The minimum atomic E-state index is -3.90. The van der Waals surface area contributed by atoms with Crippen molar-refractivity contribution >= 4 is 15.9 Å². The second-order valence-electron chi connectivity index (χ2n) is 5.52. The maximum absolute atomic E-state index is 13.1. The third kappa shape index (κ3) is 5.07. The number of aryl methyl sites for hydroxylation is 1. The van der Waals surface area contributed by atoms with Gasteiger partial charge in [0, 0.05) is 6.20 Å². The van der Waals surface area contributed by atoms with E-state index in [4.69, 9.17) is 0 Å². The Kier molecular flexibility index (Phi) is 6.22. The zero-order valence-corrected chi connectivity index (χ0v) is 14.8. The molecule has 2 N–H and O–H groups in total. The smallest absolute Gasteiger partial charge is 0.241 e. The molecule has 134 valence electrons. The standard InChI is InChI=1S/C17H20FN3O3S/c1-3-14(15-6-4-5-9-19-15)21-17(22)11-20-25(23,24)16-8-7-13(18)10-12(16)2/h4-10,14,20H,3,11H2,1-2H3,(H,21,22)/t14-/m1/s1. The molecule has 1 amide bonds. The minimum absolute atomic E-state index is 0.0570. The summed E-state index contributed by atoms with van der Waals surface area (Å²) in [4.78, 5) is 16.2. The van der Waals surface area contributed by atoms with E-state index in [0.29, 0.717) is 12.1 Å². The van der Waals surface area contributed by atoms with E-state index in [2.05, 4.69) is 15.0 Å². The molecule has 0 aliphatic carbocycles. The molecule has 0 fully saturated rings. The summed E-state index contributed by atoms with van der Waals surface area (Å²) in [6.07, 6.45) is 2.25. The maximum Gasteiger partial charge on any atom is 0.241 e. The molecule has 0 radical (unpaired) electrons. The van der Waals surface area contributed by atoms with Gasteiger partial charge in [-0.1, -0.05) is 13.0 Å². The lowest BCUT2D eigenvalue weighted by Crippen LogP contribution is -2.38. The first-order chi connectivity index (χ1) is 11.8. The largest absolute Gasteiger partial charge is 0.347 e. The average molecular weight is 365 g/mol. The molecule has 0 saturated carbocycles. The second-order valence-corrected chi connectivity index (χ2v) is 7.25. The number of nitrogens with one attached hydrogen (secondary N) is 2. The highest BCUT2D eigenvalue weighted by Gasteiger charge is 2.20. The van der Waals surface area contributed by atoms with Gasteiger partial charge >= 0.3 is 0 Å². The first-order valence-corrected chi connectivity index (χ1v) is 9.28. The van der Waals surface area contributed by atoms with Crippen LogP contribution >= 0.6 is 0 Å². The first kappa shape index (κ1) is 19.0. The normalized spacial score (nSPS) is 12.6. The summed E-state index contributed by atoms with van der Waals surface area (Å²) in [7, 11) is -3.90. The topological polar surface area (TPSA) is 88.2 Å². The summed E-state index contributed by atoms with van der Waals surface area (Å²) in [5.41, 5.74) is 0.975. The lowest BCUT2D eigenvalue weighted by Gasteiger charge is -2.17. The second kappa shape index (κ2) is 8.17. The molecular weight excluding hydrogens is 345 g/mol. The Hall–Kier alpha value is -2.32. The van der Waals surface area contributed by atoms with Gasteiger partial charge in [-0.3, -0.25) is 9.78 Å². The number of sulfonamides is 1. The third-order valence-electron chi connectivity index (χ3n) is 3.64. The third-order valence-corrected chi connectivity index (χ3v) is 5.20. The molecule has 0 aliphatic heterocycles. The van der Waals surface area contributed by atoms with Crippen molar-refractivity contribution in [1.29, 1.82) is 0 Å². The molecular formula is C17H20FN3O3S. The van der Waals surface area contributed by atoms with Gasteiger partial charge in [0.25, 0.3) is 0 Å². The summed E-state index contributed by atoms with van der Waals surface area (Å²) in [5, 5.41) is 2.74. The van der Waals surface area contributed by atoms with Crippen molar-refractivity contribution in [2.45, 2.75) is 31.2 Å². The lowest BCUT2D eigenvalue weighted by molar-refractivity contribution is -0.120. The number of carbonyl (C=O) groups excluding carboxylic acids is 1. The van der Waals surface area contributed by atoms with E-state index in [0.717, 1.165) is 12.1 Å². The minimum Gasteiger partial charge on any atom is -0.347 e. The molecule has 25 heavy (non-hydrogen) atoms. The zero-order chi connectivity index (χ0) is 18.4. The molecule has 0 aliphatic rings. The van der Waals surface area contributed by atoms with Gasteiger partial charge in [0.15, 0.2) is 0 Å². The van der Waals surface area contributed by atoms with Gasteiger partial charge in [-0.25, -0.2) is 17.5 Å². The Morgan fingerprint density at radius 1 is 1.28 bits per heavy atom. The fourth-order valence-electron chi connectivity index (χ4n) is 2.37. The quantitative estimate of drug-likeness (QED) is 0.786. The Labute approximate surface area is 146 Å². The van der Waals surface area contributed by atoms with Crippen molar-refractivity contribution < 1.29 is 17.6 Å². The molecule has 1 heterocycles. The first-order valence-electron chi connectivity index (χ1n) is 7.79. The number of hydrogen-bond acceptors (Lipinski definition) is 4. The molecule has 0 spiro atoms. The van der Waals surface area contributed by atoms with Crippen molar-refractivity contribution in [1.82, 2.24) is 15.0 Å². The molecule has 0 unspecified atom stereocenters. The number of aromatic nitrogens is 1. The molecule has 0 bridgehead atoms. The molecule has 8 heteroatoms. The Morgan fingerprint density at radius 2 is 2.04 bits per heavy atom. The van der Waals surface area contributed by atoms with Crippen LogP contribution < -0.4 is 10.0 Å². The van der Waals surface area contributed by atoms with Crippen LogP contribution in [-0.2, 0) is 14.8 Å². The SMILES string of the molecule is CC[C@@H](NC(=O)CNS(=O)(=O)c1ccc(F)cc1C)c1ccccn1. The average Bonchev–Trinajstić information content (AvgIpc) is 2.58. The van der Waals surface area contributed by atoms with Crippen LogP contribution in [0.15, 0.2) is 47.5 Å². The fourth-order valence-corrected chi connectivity index (χ4v) is 3.57. The van der Waals surface area contributed by atoms with Crippen molar-refractivity contribution in [2.75, 3.05) is 6.54 Å². The highest BCUT2D eigenvalue weighted by atomic mass is 32.2. The van der Waals surface area contributed by atoms with Gasteiger partial charge in [-0.05, 0) is 49.2 Å². The maximum atomic E-state index is 13.1. The number of halogens is 1. The van der Waals surface area contributed by atoms with Crippen molar-refractivity contribution in [3.63, 3.8) is 0 Å². The molecule has 2 aromatic rings. The van der Waals surface area contributed by atoms with Gasteiger partial charge in [0.05, 0.1) is 23.2 Å². The van der Waals surface area contributed by atoms with Gasteiger partial charge in [-0.2, -0.15) is 0 Å². The molecule has 1 atom stereocenters. The number of nitrogens with zero attached hydrogens (tertiary/aromatic N) is 1. The number of carbonyl (C=O) groups is 1. The predicted molar refractivity (Wildman–Crippen MR) is 91.7 cm³/mol. The van der Waals surface area contributed by atoms with Crippen LogP contribution in [-0.4, -0.2) is 25.9 Å².